The third-order valence-corrected chi connectivity index (χ3v) is 6.64. The average Bonchev–Trinajstić information content (AvgIpc) is 3.55. The van der Waals surface area contributed by atoms with Crippen molar-refractivity contribution in [3.8, 4) is 16.9 Å². The van der Waals surface area contributed by atoms with Crippen molar-refractivity contribution in [2.75, 3.05) is 6.61 Å². The van der Waals surface area contributed by atoms with Crippen LogP contribution in [0.15, 0.2) is 65.4 Å². The first-order valence-corrected chi connectivity index (χ1v) is 13.1. The van der Waals surface area contributed by atoms with Gasteiger partial charge in [0, 0.05) is 11.6 Å². The first-order valence-electron chi connectivity index (χ1n) is 12.1. The van der Waals surface area contributed by atoms with Gasteiger partial charge in [-0.1, -0.05) is 50.5 Å². The lowest BCUT2D eigenvalue weighted by molar-refractivity contribution is -0.259. The highest BCUT2D eigenvalue weighted by Crippen LogP contribution is 2.40. The minimum absolute atomic E-state index is 0.190. The Balaban J connectivity index is 0.00000115. The van der Waals surface area contributed by atoms with E-state index in [1.807, 2.05) is 23.6 Å². The summed E-state index contributed by atoms with van der Waals surface area (Å²) >= 11 is 1.62. The molecule has 3 N–H and O–H groups in total. The molecule has 192 valence electrons. The molecule has 36 heavy (non-hydrogen) atoms. The predicted molar refractivity (Wildman–Crippen MR) is 140 cm³/mol. The summed E-state index contributed by atoms with van der Waals surface area (Å²) in [5, 5.41) is 33.5. The van der Waals surface area contributed by atoms with E-state index in [-0.39, 0.29) is 18.1 Å². The fourth-order valence-electron chi connectivity index (χ4n) is 3.98. The number of benzene rings is 2. The molecule has 1 amide bonds. The van der Waals surface area contributed by atoms with E-state index in [0.29, 0.717) is 17.9 Å². The maximum Gasteiger partial charge on any atom is 0.290 e. The van der Waals surface area contributed by atoms with Crippen LogP contribution in [0.3, 0.4) is 0 Å². The molecular formula is C28H33NO6S. The highest BCUT2D eigenvalue weighted by atomic mass is 32.1. The van der Waals surface area contributed by atoms with Crippen LogP contribution in [-0.2, 0) is 10.7 Å². The molecule has 1 aliphatic carbocycles. The molecule has 1 saturated carbocycles. The third kappa shape index (κ3) is 6.94. The van der Waals surface area contributed by atoms with Gasteiger partial charge in [-0.2, -0.15) is 11.3 Å². The van der Waals surface area contributed by atoms with E-state index < -0.39 is 11.8 Å². The summed E-state index contributed by atoms with van der Waals surface area (Å²) in [4.78, 5) is 23.0. The maximum absolute atomic E-state index is 13.5. The van der Waals surface area contributed by atoms with E-state index in [9.17, 15) is 15.0 Å². The normalized spacial score (nSPS) is 12.9. The molecular weight excluding hydrogens is 478 g/mol. The number of aliphatic hydroxyl groups is 2. The number of carbonyl (C=O) groups excluding carboxylic acids is 1. The fourth-order valence-corrected chi connectivity index (χ4v) is 4.64. The molecule has 0 radical (unpaired) electrons. The third-order valence-electron chi connectivity index (χ3n) is 5.96. The smallest absolute Gasteiger partial charge is 0.290 e. The van der Waals surface area contributed by atoms with Crippen molar-refractivity contribution < 1.29 is 29.6 Å². The summed E-state index contributed by atoms with van der Waals surface area (Å²) in [7, 11) is 0. The number of hydrogen-bond acceptors (Lipinski definition) is 6. The summed E-state index contributed by atoms with van der Waals surface area (Å²) in [6.07, 6.45) is 5.72. The Labute approximate surface area is 215 Å². The van der Waals surface area contributed by atoms with Gasteiger partial charge in [-0.15, -0.1) is 0 Å². The molecule has 0 atom stereocenters. The van der Waals surface area contributed by atoms with Crippen LogP contribution in [0.2, 0.25) is 0 Å². The van der Waals surface area contributed by atoms with Crippen molar-refractivity contribution >= 4 is 23.7 Å². The Hall–Kier alpha value is -3.20. The fraction of sp³-hybridized carbons (Fsp3) is 0.357. The lowest BCUT2D eigenvalue weighted by Crippen LogP contribution is -2.51. The highest BCUT2D eigenvalue weighted by molar-refractivity contribution is 7.08. The Morgan fingerprint density at radius 3 is 2.36 bits per heavy atom. The summed E-state index contributed by atoms with van der Waals surface area (Å²) in [6.45, 7) is 2.40. The molecule has 2 aromatic carbocycles. The molecule has 0 saturated heterocycles. The highest BCUT2D eigenvalue weighted by Gasteiger charge is 2.48. The summed E-state index contributed by atoms with van der Waals surface area (Å²) in [5.41, 5.74) is 2.73. The molecule has 0 aliphatic heterocycles. The lowest BCUT2D eigenvalue weighted by Gasteiger charge is -2.36. The zero-order chi connectivity index (χ0) is 26.0. The Morgan fingerprint density at radius 1 is 1.06 bits per heavy atom. The van der Waals surface area contributed by atoms with Crippen LogP contribution in [0.5, 0.6) is 5.75 Å². The van der Waals surface area contributed by atoms with Crippen molar-refractivity contribution in [1.82, 2.24) is 4.90 Å². The van der Waals surface area contributed by atoms with Gasteiger partial charge in [0.2, 0.25) is 0 Å². The molecule has 3 aromatic rings. The minimum atomic E-state index is -2.47. The minimum Gasteiger partial charge on any atom is -0.493 e. The van der Waals surface area contributed by atoms with E-state index in [1.165, 1.54) is 4.90 Å². The van der Waals surface area contributed by atoms with Crippen molar-refractivity contribution in [2.24, 2.45) is 0 Å². The van der Waals surface area contributed by atoms with Crippen LogP contribution in [0, 0.1) is 0 Å². The van der Waals surface area contributed by atoms with Gasteiger partial charge in [0.15, 0.2) is 0 Å². The van der Waals surface area contributed by atoms with Gasteiger partial charge < -0.3 is 20.1 Å². The van der Waals surface area contributed by atoms with Gasteiger partial charge in [0.1, 0.15) is 5.75 Å². The standard InChI is InChI=1S/C27H31NO4S.CH2O2/c1-2-3-4-7-17-32-25-9-6-5-8-24(25)27(30,31)28(23-14-15-23)26(29)21-12-10-20(11-13-21)22-16-18-33-19-22;2-1-3/h5-6,8-13,16,18-19,23,30-31H,2-4,7,14-15,17H2,1H3;1H,(H,2,3). The van der Waals surface area contributed by atoms with Crippen LogP contribution in [0.4, 0.5) is 0 Å². The van der Waals surface area contributed by atoms with E-state index in [2.05, 4.69) is 12.3 Å². The molecule has 1 aromatic heterocycles. The number of unbranched alkanes of at least 4 members (excludes halogenated alkanes) is 3. The van der Waals surface area contributed by atoms with Crippen LogP contribution in [0.1, 0.15) is 61.4 Å². The van der Waals surface area contributed by atoms with Gasteiger partial charge in [-0.25, -0.2) is 0 Å². The second-order valence-electron chi connectivity index (χ2n) is 8.64. The zero-order valence-corrected chi connectivity index (χ0v) is 21.2. The maximum atomic E-state index is 13.5. The number of rotatable bonds is 11. The average molecular weight is 512 g/mol. The number of nitrogens with zero attached hydrogens (tertiary/aromatic N) is 1. The molecule has 0 spiro atoms. The van der Waals surface area contributed by atoms with Crippen LogP contribution >= 0.6 is 11.3 Å². The monoisotopic (exact) mass is 511 g/mol. The van der Waals surface area contributed by atoms with E-state index in [4.69, 9.17) is 14.6 Å². The molecule has 1 aliphatic rings. The van der Waals surface area contributed by atoms with Crippen LogP contribution < -0.4 is 4.74 Å². The number of carboxylic acid groups (broad SMARTS) is 1. The lowest BCUT2D eigenvalue weighted by atomic mass is 10.0. The Kier molecular flexibility index (Phi) is 10.0. The van der Waals surface area contributed by atoms with E-state index in [1.54, 1.807) is 47.7 Å². The molecule has 4 rings (SSSR count). The van der Waals surface area contributed by atoms with Gasteiger partial charge in [0.25, 0.3) is 18.3 Å². The molecule has 1 fully saturated rings. The first-order chi connectivity index (χ1) is 17.4. The Bertz CT molecular complexity index is 1090. The van der Waals surface area contributed by atoms with Crippen molar-refractivity contribution in [3.63, 3.8) is 0 Å². The SMILES string of the molecule is CCCCCCOc1ccccc1C(O)(O)N(C(=O)c1ccc(-c2ccsc2)cc1)C1CC1.O=CO. The molecule has 0 bridgehead atoms. The van der Waals surface area contributed by atoms with Crippen LogP contribution in [0.25, 0.3) is 11.1 Å². The second-order valence-corrected chi connectivity index (χ2v) is 9.42. The van der Waals surface area contributed by atoms with Crippen LogP contribution in [-0.4, -0.2) is 45.2 Å². The number of thiophene rings is 1. The zero-order valence-electron chi connectivity index (χ0n) is 20.4. The number of amides is 1. The van der Waals surface area contributed by atoms with Gasteiger partial charge in [-0.05, 0) is 71.5 Å². The van der Waals surface area contributed by atoms with Crippen molar-refractivity contribution in [2.45, 2.75) is 57.4 Å². The van der Waals surface area contributed by atoms with Gasteiger partial charge in [0.05, 0.1) is 12.2 Å². The van der Waals surface area contributed by atoms with Crippen molar-refractivity contribution in [3.05, 3.63) is 76.5 Å². The Morgan fingerprint density at radius 2 is 1.75 bits per heavy atom. The quantitative estimate of drug-likeness (QED) is 0.179. The molecule has 8 heteroatoms. The number of ether oxygens (including phenoxy) is 1. The summed E-state index contributed by atoms with van der Waals surface area (Å²) in [6, 6.07) is 16.0. The molecule has 1 heterocycles. The van der Waals surface area contributed by atoms with Crippen molar-refractivity contribution in [1.29, 1.82) is 0 Å². The molecule has 0 unspecified atom stereocenters. The van der Waals surface area contributed by atoms with E-state index in [0.717, 1.165) is 49.7 Å². The molecule has 7 nitrogen and oxygen atoms in total. The van der Waals surface area contributed by atoms with Gasteiger partial charge >= 0.3 is 0 Å². The summed E-state index contributed by atoms with van der Waals surface area (Å²) < 4.78 is 5.91. The van der Waals surface area contributed by atoms with Gasteiger partial charge in [-0.3, -0.25) is 14.5 Å². The number of carbonyl (C=O) groups is 2. The number of para-hydroxylation sites is 1. The largest absolute Gasteiger partial charge is 0.493 e. The van der Waals surface area contributed by atoms with E-state index >= 15 is 0 Å². The topological polar surface area (TPSA) is 107 Å². The number of hydrogen-bond donors (Lipinski definition) is 3. The summed E-state index contributed by atoms with van der Waals surface area (Å²) in [5.74, 6) is -2.48. The first kappa shape index (κ1) is 27.4. The predicted octanol–water partition coefficient (Wildman–Crippen LogP) is 5.47. The second kappa shape index (κ2) is 13.2.